The van der Waals surface area contributed by atoms with Crippen LogP contribution in [0.25, 0.3) is 0 Å². The van der Waals surface area contributed by atoms with Crippen molar-refractivity contribution in [2.24, 2.45) is 0 Å². The standard InChI is InChI=1S/C17H15N3O4/c1-24-13-7-4-9-18-15(13)19-14(21)8-10-20-16(22)11-5-2-3-6-12(11)17(20)23/h2-7,9H,8,10H2,1H3,(H,18,19,21). The molecule has 1 N–H and O–H groups in total. The minimum Gasteiger partial charge on any atom is -0.493 e. The smallest absolute Gasteiger partial charge is 0.261 e. The van der Waals surface area contributed by atoms with Crippen molar-refractivity contribution in [3.63, 3.8) is 0 Å². The van der Waals surface area contributed by atoms with Crippen LogP contribution in [-0.4, -0.2) is 41.3 Å². The molecule has 24 heavy (non-hydrogen) atoms. The number of pyridine rings is 1. The van der Waals surface area contributed by atoms with E-state index in [-0.39, 0.29) is 30.7 Å². The van der Waals surface area contributed by atoms with Gasteiger partial charge in [0.05, 0.1) is 18.2 Å². The highest BCUT2D eigenvalue weighted by molar-refractivity contribution is 6.21. The summed E-state index contributed by atoms with van der Waals surface area (Å²) in [5, 5.41) is 2.61. The number of aromatic nitrogens is 1. The molecule has 0 fully saturated rings. The van der Waals surface area contributed by atoms with E-state index < -0.39 is 0 Å². The van der Waals surface area contributed by atoms with Crippen LogP contribution in [0.2, 0.25) is 0 Å². The maximum absolute atomic E-state index is 12.2. The Kier molecular flexibility index (Phi) is 4.24. The first-order valence-electron chi connectivity index (χ1n) is 7.36. The van der Waals surface area contributed by atoms with Crippen molar-refractivity contribution >= 4 is 23.5 Å². The summed E-state index contributed by atoms with van der Waals surface area (Å²) >= 11 is 0. The Morgan fingerprint density at radius 3 is 2.42 bits per heavy atom. The number of hydrogen-bond acceptors (Lipinski definition) is 5. The maximum atomic E-state index is 12.2. The van der Waals surface area contributed by atoms with E-state index in [1.54, 1.807) is 36.4 Å². The van der Waals surface area contributed by atoms with Gasteiger partial charge in [0.15, 0.2) is 11.6 Å². The highest BCUT2D eigenvalue weighted by Gasteiger charge is 2.34. The van der Waals surface area contributed by atoms with Gasteiger partial charge in [-0.05, 0) is 24.3 Å². The van der Waals surface area contributed by atoms with Crippen molar-refractivity contribution in [3.8, 4) is 5.75 Å². The fourth-order valence-corrected chi connectivity index (χ4v) is 2.50. The number of fused-ring (bicyclic) bond motifs is 1. The van der Waals surface area contributed by atoms with Gasteiger partial charge in [-0.2, -0.15) is 0 Å². The molecule has 2 aromatic rings. The van der Waals surface area contributed by atoms with Crippen LogP contribution in [0.4, 0.5) is 5.82 Å². The minimum absolute atomic E-state index is 0.00727. The highest BCUT2D eigenvalue weighted by atomic mass is 16.5. The molecule has 7 nitrogen and oxygen atoms in total. The average Bonchev–Trinajstić information content (AvgIpc) is 2.85. The fourth-order valence-electron chi connectivity index (χ4n) is 2.50. The molecular formula is C17H15N3O4. The first-order valence-corrected chi connectivity index (χ1v) is 7.36. The Morgan fingerprint density at radius 2 is 1.79 bits per heavy atom. The van der Waals surface area contributed by atoms with Crippen LogP contribution >= 0.6 is 0 Å². The van der Waals surface area contributed by atoms with Gasteiger partial charge in [0.1, 0.15) is 0 Å². The van der Waals surface area contributed by atoms with Crippen LogP contribution in [0.5, 0.6) is 5.75 Å². The SMILES string of the molecule is COc1cccnc1NC(=O)CCN1C(=O)c2ccccc2C1=O. The zero-order chi connectivity index (χ0) is 17.1. The van der Waals surface area contributed by atoms with Gasteiger partial charge < -0.3 is 10.1 Å². The van der Waals surface area contributed by atoms with Crippen molar-refractivity contribution in [2.75, 3.05) is 19.0 Å². The molecule has 3 rings (SSSR count). The maximum Gasteiger partial charge on any atom is 0.261 e. The molecule has 0 bridgehead atoms. The number of hydrogen-bond donors (Lipinski definition) is 1. The van der Waals surface area contributed by atoms with Crippen molar-refractivity contribution in [1.82, 2.24) is 9.88 Å². The highest BCUT2D eigenvalue weighted by Crippen LogP contribution is 2.23. The van der Waals surface area contributed by atoms with E-state index in [0.717, 1.165) is 4.90 Å². The van der Waals surface area contributed by atoms with Gasteiger partial charge in [0, 0.05) is 19.2 Å². The third-order valence-corrected chi connectivity index (χ3v) is 3.69. The molecular weight excluding hydrogens is 310 g/mol. The summed E-state index contributed by atoms with van der Waals surface area (Å²) in [5.41, 5.74) is 0.739. The fraction of sp³-hybridized carbons (Fsp3) is 0.176. The van der Waals surface area contributed by atoms with E-state index in [0.29, 0.717) is 22.7 Å². The van der Waals surface area contributed by atoms with Crippen LogP contribution in [0, 0.1) is 0 Å². The van der Waals surface area contributed by atoms with E-state index in [1.807, 2.05) is 0 Å². The van der Waals surface area contributed by atoms with E-state index >= 15 is 0 Å². The molecule has 2 heterocycles. The summed E-state index contributed by atoms with van der Waals surface area (Å²) in [6.45, 7) is 0.00727. The van der Waals surface area contributed by atoms with Gasteiger partial charge in [-0.15, -0.1) is 0 Å². The molecule has 0 aliphatic carbocycles. The number of amides is 3. The summed E-state index contributed by atoms with van der Waals surface area (Å²) < 4.78 is 5.10. The molecule has 0 saturated carbocycles. The van der Waals surface area contributed by atoms with Crippen LogP contribution < -0.4 is 10.1 Å². The summed E-state index contributed by atoms with van der Waals surface area (Å²) in [6, 6.07) is 9.98. The van der Waals surface area contributed by atoms with Crippen molar-refractivity contribution in [2.45, 2.75) is 6.42 Å². The van der Waals surface area contributed by atoms with E-state index in [2.05, 4.69) is 10.3 Å². The largest absolute Gasteiger partial charge is 0.493 e. The number of anilines is 1. The number of imide groups is 1. The third kappa shape index (κ3) is 2.83. The number of nitrogens with zero attached hydrogens (tertiary/aromatic N) is 2. The number of rotatable bonds is 5. The Bertz CT molecular complexity index is 784. The Morgan fingerprint density at radius 1 is 1.12 bits per heavy atom. The van der Waals surface area contributed by atoms with Crippen LogP contribution in [-0.2, 0) is 4.79 Å². The number of carbonyl (C=O) groups is 3. The second kappa shape index (κ2) is 6.49. The second-order valence-corrected chi connectivity index (χ2v) is 5.16. The molecule has 122 valence electrons. The zero-order valence-electron chi connectivity index (χ0n) is 13.0. The van der Waals surface area contributed by atoms with Gasteiger partial charge >= 0.3 is 0 Å². The number of benzene rings is 1. The number of ether oxygens (including phenoxy) is 1. The van der Waals surface area contributed by atoms with Gasteiger partial charge in [-0.25, -0.2) is 4.98 Å². The molecule has 7 heteroatoms. The van der Waals surface area contributed by atoms with Crippen LogP contribution in [0.15, 0.2) is 42.6 Å². The van der Waals surface area contributed by atoms with Gasteiger partial charge in [-0.3, -0.25) is 19.3 Å². The summed E-state index contributed by atoms with van der Waals surface area (Å²) in [7, 11) is 1.48. The minimum atomic E-state index is -0.376. The van der Waals surface area contributed by atoms with E-state index in [1.165, 1.54) is 13.3 Å². The van der Waals surface area contributed by atoms with Crippen molar-refractivity contribution in [1.29, 1.82) is 0 Å². The second-order valence-electron chi connectivity index (χ2n) is 5.16. The van der Waals surface area contributed by atoms with E-state index in [4.69, 9.17) is 4.74 Å². The normalized spacial score (nSPS) is 13.0. The summed E-state index contributed by atoms with van der Waals surface area (Å²) in [6.07, 6.45) is 1.51. The summed E-state index contributed by atoms with van der Waals surface area (Å²) in [5.74, 6) is -0.375. The predicted octanol–water partition coefficient (Wildman–Crippen LogP) is 1.71. The summed E-state index contributed by atoms with van der Waals surface area (Å²) in [4.78, 5) is 41.6. The monoisotopic (exact) mass is 325 g/mol. The van der Waals surface area contributed by atoms with Gasteiger partial charge in [-0.1, -0.05) is 12.1 Å². The van der Waals surface area contributed by atoms with Gasteiger partial charge in [0.25, 0.3) is 11.8 Å². The molecule has 0 spiro atoms. The molecule has 1 aliphatic heterocycles. The van der Waals surface area contributed by atoms with Crippen LogP contribution in [0.3, 0.4) is 0 Å². The molecule has 1 aromatic carbocycles. The quantitative estimate of drug-likeness (QED) is 0.846. The molecule has 0 radical (unpaired) electrons. The molecule has 0 unspecified atom stereocenters. The lowest BCUT2D eigenvalue weighted by molar-refractivity contribution is -0.116. The Labute approximate surface area is 138 Å². The Balaban J connectivity index is 1.63. The number of methoxy groups -OCH3 is 1. The molecule has 1 aromatic heterocycles. The first-order chi connectivity index (χ1) is 11.6. The Hall–Kier alpha value is -3.22. The number of nitrogens with one attached hydrogen (secondary N) is 1. The predicted molar refractivity (Wildman–Crippen MR) is 85.8 cm³/mol. The molecule has 0 saturated heterocycles. The molecule has 1 aliphatic rings. The lowest BCUT2D eigenvalue weighted by Crippen LogP contribution is -2.33. The topological polar surface area (TPSA) is 88.6 Å². The molecule has 3 amide bonds. The number of carbonyl (C=O) groups excluding carboxylic acids is 3. The molecule has 0 atom stereocenters. The zero-order valence-corrected chi connectivity index (χ0v) is 13.0. The lowest BCUT2D eigenvalue weighted by atomic mass is 10.1. The third-order valence-electron chi connectivity index (χ3n) is 3.69. The van der Waals surface area contributed by atoms with Gasteiger partial charge in [0.2, 0.25) is 5.91 Å². The van der Waals surface area contributed by atoms with E-state index in [9.17, 15) is 14.4 Å². The van der Waals surface area contributed by atoms with Crippen molar-refractivity contribution < 1.29 is 19.1 Å². The average molecular weight is 325 g/mol. The lowest BCUT2D eigenvalue weighted by Gasteiger charge is -2.14. The van der Waals surface area contributed by atoms with Crippen molar-refractivity contribution in [3.05, 3.63) is 53.7 Å². The van der Waals surface area contributed by atoms with Crippen LogP contribution in [0.1, 0.15) is 27.1 Å². The first kappa shape index (κ1) is 15.7.